The van der Waals surface area contributed by atoms with Gasteiger partial charge in [0.25, 0.3) is 5.91 Å². The molecule has 0 aliphatic heterocycles. The summed E-state index contributed by atoms with van der Waals surface area (Å²) in [6, 6.07) is 4.86. The van der Waals surface area contributed by atoms with Gasteiger partial charge in [-0.05, 0) is 40.5 Å². The minimum Gasteiger partial charge on any atom is -0.507 e. The molecule has 88 valence electrons. The molecule has 0 bridgehead atoms. The fraction of sp³-hybridized carbons (Fsp3) is 0.417. The van der Waals surface area contributed by atoms with E-state index in [1.807, 2.05) is 0 Å². The van der Waals surface area contributed by atoms with Crippen LogP contribution in [0.2, 0.25) is 0 Å². The summed E-state index contributed by atoms with van der Waals surface area (Å²) < 4.78 is 0.597. The van der Waals surface area contributed by atoms with Gasteiger partial charge in [-0.15, -0.1) is 0 Å². The Balaban J connectivity index is 2.76. The Morgan fingerprint density at radius 2 is 2.19 bits per heavy atom. The highest BCUT2D eigenvalue weighted by Crippen LogP contribution is 2.24. The number of unbranched alkanes of at least 4 members (excludes halogenated alkanes) is 1. The Morgan fingerprint density at radius 3 is 2.75 bits per heavy atom. The van der Waals surface area contributed by atoms with E-state index in [2.05, 4.69) is 22.9 Å². The van der Waals surface area contributed by atoms with Gasteiger partial charge in [0.1, 0.15) is 5.75 Å². The molecule has 0 unspecified atom stereocenters. The second kappa shape index (κ2) is 5.89. The molecule has 0 aliphatic rings. The molecule has 0 heterocycles. The van der Waals surface area contributed by atoms with Crippen molar-refractivity contribution in [1.29, 1.82) is 0 Å². The van der Waals surface area contributed by atoms with Gasteiger partial charge in [-0.3, -0.25) is 4.79 Å². The van der Waals surface area contributed by atoms with Crippen molar-refractivity contribution in [2.45, 2.75) is 19.8 Å². The van der Waals surface area contributed by atoms with Crippen LogP contribution in [0.15, 0.2) is 22.7 Å². The summed E-state index contributed by atoms with van der Waals surface area (Å²) in [6.45, 7) is 2.83. The largest absolute Gasteiger partial charge is 0.507 e. The fourth-order valence-corrected chi connectivity index (χ4v) is 1.61. The number of rotatable bonds is 4. The van der Waals surface area contributed by atoms with E-state index in [0.29, 0.717) is 10.0 Å². The summed E-state index contributed by atoms with van der Waals surface area (Å²) in [6.07, 6.45) is 2.05. The summed E-state index contributed by atoms with van der Waals surface area (Å²) in [5.41, 5.74) is 0.513. The summed E-state index contributed by atoms with van der Waals surface area (Å²) in [5, 5.41) is 9.49. The first-order valence-corrected chi connectivity index (χ1v) is 6.09. The van der Waals surface area contributed by atoms with Gasteiger partial charge in [-0.2, -0.15) is 0 Å². The van der Waals surface area contributed by atoms with E-state index in [4.69, 9.17) is 0 Å². The van der Waals surface area contributed by atoms with Gasteiger partial charge < -0.3 is 10.0 Å². The highest BCUT2D eigenvalue weighted by molar-refractivity contribution is 9.10. The molecule has 0 saturated heterocycles. The second-order valence-corrected chi connectivity index (χ2v) is 4.60. The zero-order chi connectivity index (χ0) is 12.1. The smallest absolute Gasteiger partial charge is 0.253 e. The Bertz CT molecular complexity index is 379. The van der Waals surface area contributed by atoms with E-state index in [9.17, 15) is 9.90 Å². The number of benzene rings is 1. The number of phenols is 1. The van der Waals surface area contributed by atoms with Crippen molar-refractivity contribution in [1.82, 2.24) is 4.90 Å². The first-order valence-electron chi connectivity index (χ1n) is 5.30. The van der Waals surface area contributed by atoms with Crippen molar-refractivity contribution in [3.05, 3.63) is 28.2 Å². The third-order valence-electron chi connectivity index (χ3n) is 2.39. The summed E-state index contributed by atoms with van der Waals surface area (Å²) in [7, 11) is 1.77. The van der Waals surface area contributed by atoms with Gasteiger partial charge in [0, 0.05) is 19.2 Å². The third-order valence-corrected chi connectivity index (χ3v) is 3.06. The SMILES string of the molecule is CCCCN(C)C(=O)c1ccc(Br)c(O)c1. The Labute approximate surface area is 104 Å². The highest BCUT2D eigenvalue weighted by Gasteiger charge is 2.12. The number of phenolic OH excluding ortho intramolecular Hbond substituents is 1. The van der Waals surface area contributed by atoms with E-state index >= 15 is 0 Å². The lowest BCUT2D eigenvalue weighted by molar-refractivity contribution is 0.0793. The van der Waals surface area contributed by atoms with E-state index in [0.717, 1.165) is 19.4 Å². The van der Waals surface area contributed by atoms with Crippen LogP contribution in [0.25, 0.3) is 0 Å². The predicted octanol–water partition coefficient (Wildman–Crippen LogP) is 3.03. The molecular weight excluding hydrogens is 270 g/mol. The zero-order valence-electron chi connectivity index (χ0n) is 9.53. The standard InChI is InChI=1S/C12H16BrNO2/c1-3-4-7-14(2)12(16)9-5-6-10(13)11(15)8-9/h5-6,8,15H,3-4,7H2,1-2H3. The third kappa shape index (κ3) is 3.23. The van der Waals surface area contributed by atoms with Crippen molar-refractivity contribution in [2.75, 3.05) is 13.6 Å². The number of carbonyl (C=O) groups is 1. The summed E-state index contributed by atoms with van der Waals surface area (Å²) >= 11 is 3.18. The molecule has 1 N–H and O–H groups in total. The van der Waals surface area contributed by atoms with Gasteiger partial charge in [0.05, 0.1) is 4.47 Å². The first kappa shape index (κ1) is 13.0. The zero-order valence-corrected chi connectivity index (χ0v) is 11.1. The number of nitrogens with zero attached hydrogens (tertiary/aromatic N) is 1. The Morgan fingerprint density at radius 1 is 1.50 bits per heavy atom. The lowest BCUT2D eigenvalue weighted by atomic mass is 10.2. The predicted molar refractivity (Wildman–Crippen MR) is 67.7 cm³/mol. The van der Waals surface area contributed by atoms with Crippen LogP contribution >= 0.6 is 15.9 Å². The molecular formula is C12H16BrNO2. The number of aromatic hydroxyl groups is 1. The number of amides is 1. The number of halogens is 1. The number of carbonyl (C=O) groups excluding carboxylic acids is 1. The molecule has 0 saturated carbocycles. The molecule has 1 aromatic rings. The Hall–Kier alpha value is -1.03. The average Bonchev–Trinajstić information content (AvgIpc) is 2.28. The van der Waals surface area contributed by atoms with Crippen LogP contribution in [0, 0.1) is 0 Å². The summed E-state index contributed by atoms with van der Waals surface area (Å²) in [5.74, 6) is 0.0333. The molecule has 16 heavy (non-hydrogen) atoms. The van der Waals surface area contributed by atoms with Crippen LogP contribution < -0.4 is 0 Å². The van der Waals surface area contributed by atoms with E-state index < -0.39 is 0 Å². The number of hydrogen-bond donors (Lipinski definition) is 1. The molecule has 0 aliphatic carbocycles. The number of hydrogen-bond acceptors (Lipinski definition) is 2. The molecule has 4 heteroatoms. The molecule has 0 spiro atoms. The maximum atomic E-state index is 11.9. The minimum atomic E-state index is -0.0590. The van der Waals surface area contributed by atoms with E-state index in [1.165, 1.54) is 6.07 Å². The fourth-order valence-electron chi connectivity index (χ4n) is 1.36. The summed E-state index contributed by atoms with van der Waals surface area (Å²) in [4.78, 5) is 13.6. The molecule has 0 atom stereocenters. The van der Waals surface area contributed by atoms with Gasteiger partial charge >= 0.3 is 0 Å². The first-order chi connectivity index (χ1) is 7.56. The average molecular weight is 286 g/mol. The molecule has 1 amide bonds. The maximum absolute atomic E-state index is 11.9. The van der Waals surface area contributed by atoms with Crippen molar-refractivity contribution in [2.24, 2.45) is 0 Å². The molecule has 1 aromatic carbocycles. The van der Waals surface area contributed by atoms with E-state index in [-0.39, 0.29) is 11.7 Å². The van der Waals surface area contributed by atoms with Gasteiger partial charge in [0.2, 0.25) is 0 Å². The Kier molecular flexibility index (Phi) is 4.80. The molecule has 3 nitrogen and oxygen atoms in total. The van der Waals surface area contributed by atoms with Crippen LogP contribution in [-0.4, -0.2) is 29.5 Å². The van der Waals surface area contributed by atoms with Crippen LogP contribution in [0.3, 0.4) is 0 Å². The lowest BCUT2D eigenvalue weighted by Crippen LogP contribution is -2.27. The van der Waals surface area contributed by atoms with Crippen LogP contribution in [0.4, 0.5) is 0 Å². The maximum Gasteiger partial charge on any atom is 0.253 e. The molecule has 0 aromatic heterocycles. The minimum absolute atomic E-state index is 0.0590. The van der Waals surface area contributed by atoms with Crippen molar-refractivity contribution >= 4 is 21.8 Å². The van der Waals surface area contributed by atoms with Crippen molar-refractivity contribution in [3.8, 4) is 5.75 Å². The van der Waals surface area contributed by atoms with Crippen molar-refractivity contribution in [3.63, 3.8) is 0 Å². The van der Waals surface area contributed by atoms with Gasteiger partial charge in [0.15, 0.2) is 0 Å². The molecule has 0 fully saturated rings. The lowest BCUT2D eigenvalue weighted by Gasteiger charge is -2.16. The second-order valence-electron chi connectivity index (χ2n) is 3.75. The van der Waals surface area contributed by atoms with Gasteiger partial charge in [-0.25, -0.2) is 0 Å². The topological polar surface area (TPSA) is 40.5 Å². The highest BCUT2D eigenvalue weighted by atomic mass is 79.9. The van der Waals surface area contributed by atoms with Crippen LogP contribution in [0.5, 0.6) is 5.75 Å². The van der Waals surface area contributed by atoms with Crippen molar-refractivity contribution < 1.29 is 9.90 Å². The molecule has 0 radical (unpaired) electrons. The van der Waals surface area contributed by atoms with E-state index in [1.54, 1.807) is 24.1 Å². The monoisotopic (exact) mass is 285 g/mol. The van der Waals surface area contributed by atoms with Crippen LogP contribution in [0.1, 0.15) is 30.1 Å². The van der Waals surface area contributed by atoms with Crippen LogP contribution in [-0.2, 0) is 0 Å². The molecule has 1 rings (SSSR count). The normalized spacial score (nSPS) is 10.2. The van der Waals surface area contributed by atoms with Gasteiger partial charge in [-0.1, -0.05) is 13.3 Å². The quantitative estimate of drug-likeness (QED) is 0.924.